The number of nitriles is 1. The van der Waals surface area contributed by atoms with E-state index >= 15 is 0 Å². The molecule has 0 spiro atoms. The van der Waals surface area contributed by atoms with Crippen LogP contribution >= 0.6 is 0 Å². The zero-order valence-corrected chi connectivity index (χ0v) is 13.3. The maximum atomic E-state index is 12.6. The molecule has 122 valence electrons. The van der Waals surface area contributed by atoms with Gasteiger partial charge in [0, 0.05) is 38.1 Å². The Bertz CT molecular complexity index is 562. The fourth-order valence-electron chi connectivity index (χ4n) is 3.52. The third-order valence-electron chi connectivity index (χ3n) is 4.79. The first-order valence-corrected chi connectivity index (χ1v) is 8.34. The van der Waals surface area contributed by atoms with Gasteiger partial charge in [0.15, 0.2) is 0 Å². The molecule has 23 heavy (non-hydrogen) atoms. The summed E-state index contributed by atoms with van der Waals surface area (Å²) in [5.41, 5.74) is 1.11. The number of rotatable bonds is 3. The molecule has 0 saturated carbocycles. The largest absolute Gasteiger partial charge is 0.335 e. The molecule has 1 aromatic rings. The molecule has 3 heterocycles. The fourth-order valence-corrected chi connectivity index (χ4v) is 3.52. The van der Waals surface area contributed by atoms with Crippen LogP contribution in [-0.4, -0.2) is 53.0 Å². The summed E-state index contributed by atoms with van der Waals surface area (Å²) in [6.45, 7) is 3.05. The zero-order valence-electron chi connectivity index (χ0n) is 13.3. The van der Waals surface area contributed by atoms with E-state index in [2.05, 4.69) is 21.3 Å². The molecule has 1 aromatic heterocycles. The molecule has 2 saturated heterocycles. The second-order valence-electron chi connectivity index (χ2n) is 6.30. The highest BCUT2D eigenvalue weighted by Gasteiger charge is 2.31. The number of likely N-dealkylation sites (tertiary alicyclic amines) is 2. The molecule has 2 amide bonds. The first-order valence-electron chi connectivity index (χ1n) is 8.34. The van der Waals surface area contributed by atoms with Crippen LogP contribution in [0.4, 0.5) is 4.79 Å². The maximum Gasteiger partial charge on any atom is 0.318 e. The molecule has 1 N–H and O–H groups in total. The van der Waals surface area contributed by atoms with Gasteiger partial charge in [-0.25, -0.2) is 4.79 Å². The van der Waals surface area contributed by atoms with Crippen LogP contribution in [0.3, 0.4) is 0 Å². The van der Waals surface area contributed by atoms with E-state index < -0.39 is 0 Å². The molecular formula is C17H23N5O. The Morgan fingerprint density at radius 1 is 1.35 bits per heavy atom. The molecule has 0 bridgehead atoms. The monoisotopic (exact) mass is 313 g/mol. The first-order chi connectivity index (χ1) is 11.3. The average molecular weight is 313 g/mol. The number of pyridine rings is 1. The molecular weight excluding hydrogens is 290 g/mol. The second kappa shape index (κ2) is 7.42. The standard InChI is InChI=1S/C17H23N5O/c18-7-12-21-10-5-15(6-11-21)20-17(23)22-9-2-4-16(22)14-3-1-8-19-13-14/h1,3,8,13,15-16H,2,4-6,9-12H2,(H,20,23). The Balaban J connectivity index is 1.55. The van der Waals surface area contributed by atoms with E-state index in [-0.39, 0.29) is 18.1 Å². The molecule has 0 aromatic carbocycles. The highest BCUT2D eigenvalue weighted by atomic mass is 16.2. The number of amides is 2. The van der Waals surface area contributed by atoms with Crippen LogP contribution in [0.15, 0.2) is 24.5 Å². The molecule has 6 heteroatoms. The average Bonchev–Trinajstić information content (AvgIpc) is 3.07. The lowest BCUT2D eigenvalue weighted by atomic mass is 10.1. The van der Waals surface area contributed by atoms with E-state index in [0.29, 0.717) is 6.54 Å². The van der Waals surface area contributed by atoms with Gasteiger partial charge in [0.05, 0.1) is 18.7 Å². The summed E-state index contributed by atoms with van der Waals surface area (Å²) in [5.74, 6) is 0. The van der Waals surface area contributed by atoms with Gasteiger partial charge in [-0.3, -0.25) is 9.88 Å². The minimum Gasteiger partial charge on any atom is -0.335 e. The summed E-state index contributed by atoms with van der Waals surface area (Å²) >= 11 is 0. The van der Waals surface area contributed by atoms with Crippen LogP contribution in [0, 0.1) is 11.3 Å². The summed E-state index contributed by atoms with van der Waals surface area (Å²) < 4.78 is 0. The van der Waals surface area contributed by atoms with Crippen molar-refractivity contribution < 1.29 is 4.79 Å². The van der Waals surface area contributed by atoms with Gasteiger partial charge in [0.1, 0.15) is 0 Å². The molecule has 2 aliphatic rings. The van der Waals surface area contributed by atoms with Crippen molar-refractivity contribution in [2.24, 2.45) is 0 Å². The van der Waals surface area contributed by atoms with Crippen molar-refractivity contribution in [2.75, 3.05) is 26.2 Å². The van der Waals surface area contributed by atoms with Crippen LogP contribution in [0.2, 0.25) is 0 Å². The number of hydrogen-bond donors (Lipinski definition) is 1. The highest BCUT2D eigenvalue weighted by molar-refractivity contribution is 5.75. The van der Waals surface area contributed by atoms with Gasteiger partial charge in [-0.15, -0.1) is 0 Å². The minimum absolute atomic E-state index is 0.0371. The smallest absolute Gasteiger partial charge is 0.318 e. The van der Waals surface area contributed by atoms with Gasteiger partial charge in [0.2, 0.25) is 0 Å². The van der Waals surface area contributed by atoms with Gasteiger partial charge in [-0.2, -0.15) is 5.26 Å². The minimum atomic E-state index is 0.0371. The lowest BCUT2D eigenvalue weighted by Gasteiger charge is -2.33. The Kier molecular flexibility index (Phi) is 5.09. The zero-order chi connectivity index (χ0) is 16.1. The molecule has 3 rings (SSSR count). The number of nitrogens with one attached hydrogen (secondary N) is 1. The normalized spacial score (nSPS) is 22.7. The van der Waals surface area contributed by atoms with E-state index in [0.717, 1.165) is 50.9 Å². The van der Waals surface area contributed by atoms with E-state index in [1.165, 1.54) is 0 Å². The van der Waals surface area contributed by atoms with Gasteiger partial charge >= 0.3 is 6.03 Å². The Morgan fingerprint density at radius 2 is 2.17 bits per heavy atom. The Labute approximate surface area is 137 Å². The van der Waals surface area contributed by atoms with E-state index in [1.807, 2.05) is 23.2 Å². The van der Waals surface area contributed by atoms with Crippen LogP contribution in [0.1, 0.15) is 37.3 Å². The number of piperidine rings is 1. The fraction of sp³-hybridized carbons (Fsp3) is 0.588. The SMILES string of the molecule is N#CCN1CCC(NC(=O)N2CCCC2c2cccnc2)CC1. The highest BCUT2D eigenvalue weighted by Crippen LogP contribution is 2.31. The van der Waals surface area contributed by atoms with E-state index in [1.54, 1.807) is 6.20 Å². The van der Waals surface area contributed by atoms with Gasteiger partial charge in [-0.1, -0.05) is 6.07 Å². The van der Waals surface area contributed by atoms with Gasteiger partial charge < -0.3 is 10.2 Å². The molecule has 2 fully saturated rings. The predicted molar refractivity (Wildman–Crippen MR) is 86.5 cm³/mol. The number of carbonyl (C=O) groups is 1. The van der Waals surface area contributed by atoms with Gasteiger partial charge in [-0.05, 0) is 37.3 Å². The molecule has 0 aliphatic carbocycles. The van der Waals surface area contributed by atoms with Crippen LogP contribution in [0.5, 0.6) is 0 Å². The van der Waals surface area contributed by atoms with Crippen molar-refractivity contribution in [2.45, 2.75) is 37.8 Å². The number of urea groups is 1. The second-order valence-corrected chi connectivity index (χ2v) is 6.30. The number of hydrogen-bond acceptors (Lipinski definition) is 4. The molecule has 2 aliphatic heterocycles. The maximum absolute atomic E-state index is 12.6. The lowest BCUT2D eigenvalue weighted by molar-refractivity contribution is 0.174. The number of aromatic nitrogens is 1. The van der Waals surface area contributed by atoms with Gasteiger partial charge in [0.25, 0.3) is 0 Å². The Hall–Kier alpha value is -2.13. The lowest BCUT2D eigenvalue weighted by Crippen LogP contribution is -2.49. The summed E-state index contributed by atoms with van der Waals surface area (Å²) in [7, 11) is 0. The number of carbonyl (C=O) groups excluding carboxylic acids is 1. The Morgan fingerprint density at radius 3 is 2.87 bits per heavy atom. The summed E-state index contributed by atoms with van der Waals surface area (Å²) in [5, 5.41) is 11.9. The topological polar surface area (TPSA) is 72.3 Å². The number of nitrogens with zero attached hydrogens (tertiary/aromatic N) is 4. The van der Waals surface area contributed by atoms with Crippen LogP contribution < -0.4 is 5.32 Å². The summed E-state index contributed by atoms with van der Waals surface area (Å²) in [4.78, 5) is 20.9. The molecule has 1 atom stereocenters. The first kappa shape index (κ1) is 15.8. The summed E-state index contributed by atoms with van der Waals surface area (Å²) in [6.07, 6.45) is 7.49. The predicted octanol–water partition coefficient (Wildman–Crippen LogP) is 1.92. The third kappa shape index (κ3) is 3.80. The van der Waals surface area contributed by atoms with E-state index in [9.17, 15) is 4.79 Å². The quantitative estimate of drug-likeness (QED) is 0.865. The molecule has 1 unspecified atom stereocenters. The van der Waals surface area contributed by atoms with Crippen molar-refractivity contribution >= 4 is 6.03 Å². The van der Waals surface area contributed by atoms with Crippen molar-refractivity contribution in [1.82, 2.24) is 20.1 Å². The van der Waals surface area contributed by atoms with Crippen molar-refractivity contribution in [3.8, 4) is 6.07 Å². The van der Waals surface area contributed by atoms with Crippen molar-refractivity contribution in [1.29, 1.82) is 5.26 Å². The van der Waals surface area contributed by atoms with E-state index in [4.69, 9.17) is 5.26 Å². The van der Waals surface area contributed by atoms with Crippen molar-refractivity contribution in [3.63, 3.8) is 0 Å². The van der Waals surface area contributed by atoms with Crippen molar-refractivity contribution in [3.05, 3.63) is 30.1 Å². The molecule has 0 radical (unpaired) electrons. The van der Waals surface area contributed by atoms with Crippen LogP contribution in [0.25, 0.3) is 0 Å². The third-order valence-corrected chi connectivity index (χ3v) is 4.79. The van der Waals surface area contributed by atoms with Crippen LogP contribution in [-0.2, 0) is 0 Å². The molecule has 6 nitrogen and oxygen atoms in total. The summed E-state index contributed by atoms with van der Waals surface area (Å²) in [6, 6.07) is 6.55.